The van der Waals surface area contributed by atoms with Gasteiger partial charge in [0.2, 0.25) is 0 Å². The van der Waals surface area contributed by atoms with Gasteiger partial charge in [-0.15, -0.1) is 0 Å². The van der Waals surface area contributed by atoms with Crippen molar-refractivity contribution in [2.75, 3.05) is 18.6 Å². The fourth-order valence-corrected chi connectivity index (χ4v) is 4.04. The first-order valence-electron chi connectivity index (χ1n) is 5.96. The molecule has 1 atom stereocenters. The lowest BCUT2D eigenvalue weighted by atomic mass is 9.70. The minimum Gasteiger partial charge on any atom is -0.468 e. The van der Waals surface area contributed by atoms with E-state index in [1.54, 1.807) is 0 Å². The van der Waals surface area contributed by atoms with Gasteiger partial charge in [0.25, 0.3) is 0 Å². The van der Waals surface area contributed by atoms with Gasteiger partial charge < -0.3 is 4.74 Å². The fourth-order valence-electron chi connectivity index (χ4n) is 2.34. The smallest absolute Gasteiger partial charge is 0.327 e. The molecule has 0 spiro atoms. The van der Waals surface area contributed by atoms with E-state index in [1.165, 1.54) is 20.0 Å². The van der Waals surface area contributed by atoms with Crippen LogP contribution in [0, 0.1) is 5.41 Å². The molecular formula is C12H21NO2S. The molecular weight excluding hydrogens is 222 g/mol. The molecule has 2 fully saturated rings. The van der Waals surface area contributed by atoms with Crippen molar-refractivity contribution < 1.29 is 9.53 Å². The Bertz CT molecular complexity index is 289. The first-order valence-corrected chi connectivity index (χ1v) is 7.11. The van der Waals surface area contributed by atoms with E-state index in [0.29, 0.717) is 6.04 Å². The number of methoxy groups -OCH3 is 1. The summed E-state index contributed by atoms with van der Waals surface area (Å²) >= 11 is 1.85. The summed E-state index contributed by atoms with van der Waals surface area (Å²) in [7, 11) is 1.49. The lowest BCUT2D eigenvalue weighted by Gasteiger charge is -2.48. The summed E-state index contributed by atoms with van der Waals surface area (Å²) in [6, 6.07) is 0.525. The summed E-state index contributed by atoms with van der Waals surface area (Å²) < 4.78 is 5.04. The lowest BCUT2D eigenvalue weighted by molar-refractivity contribution is -0.153. The van der Waals surface area contributed by atoms with Crippen LogP contribution in [0.15, 0.2) is 0 Å². The average Bonchev–Trinajstić information content (AvgIpc) is 3.04. The van der Waals surface area contributed by atoms with Crippen LogP contribution < -0.4 is 5.32 Å². The Labute approximate surface area is 102 Å². The van der Waals surface area contributed by atoms with Gasteiger partial charge in [-0.3, -0.25) is 10.1 Å². The zero-order valence-electron chi connectivity index (χ0n) is 10.3. The van der Waals surface area contributed by atoms with Crippen molar-refractivity contribution in [2.45, 2.75) is 44.7 Å². The first kappa shape index (κ1) is 12.2. The van der Waals surface area contributed by atoms with Crippen molar-refractivity contribution in [3.63, 3.8) is 0 Å². The molecule has 0 amide bonds. The third-order valence-electron chi connectivity index (χ3n) is 3.91. The van der Waals surface area contributed by atoms with Gasteiger partial charge in [-0.25, -0.2) is 0 Å². The Morgan fingerprint density at radius 1 is 1.44 bits per heavy atom. The van der Waals surface area contributed by atoms with Gasteiger partial charge in [0.1, 0.15) is 5.54 Å². The Kier molecular flexibility index (Phi) is 3.23. The van der Waals surface area contributed by atoms with Gasteiger partial charge in [0.05, 0.1) is 7.11 Å². The molecule has 0 aromatic carbocycles. The van der Waals surface area contributed by atoms with Crippen LogP contribution in [0.25, 0.3) is 0 Å². The van der Waals surface area contributed by atoms with Crippen LogP contribution in [0.1, 0.15) is 33.1 Å². The molecule has 1 unspecified atom stereocenters. The lowest BCUT2D eigenvalue weighted by Crippen LogP contribution is -2.66. The molecule has 92 valence electrons. The monoisotopic (exact) mass is 243 g/mol. The molecule has 1 aliphatic heterocycles. The third kappa shape index (κ3) is 1.97. The van der Waals surface area contributed by atoms with Crippen LogP contribution in [-0.4, -0.2) is 36.2 Å². The Hall–Kier alpha value is -0.220. The largest absolute Gasteiger partial charge is 0.468 e. The topological polar surface area (TPSA) is 38.3 Å². The molecule has 3 nitrogen and oxygen atoms in total. The van der Waals surface area contributed by atoms with Crippen LogP contribution in [0.5, 0.6) is 0 Å². The van der Waals surface area contributed by atoms with E-state index in [0.717, 1.165) is 17.9 Å². The zero-order chi connectivity index (χ0) is 11.8. The average molecular weight is 243 g/mol. The number of hydrogen-bond acceptors (Lipinski definition) is 4. The predicted octanol–water partition coefficient (Wildman–Crippen LogP) is 1.81. The molecule has 16 heavy (non-hydrogen) atoms. The Morgan fingerprint density at radius 2 is 2.12 bits per heavy atom. The minimum absolute atomic E-state index is 0.0199. The number of hydrogen-bond donors (Lipinski definition) is 1. The van der Waals surface area contributed by atoms with Crippen molar-refractivity contribution in [3.05, 3.63) is 0 Å². The van der Waals surface area contributed by atoms with Gasteiger partial charge in [0.15, 0.2) is 0 Å². The van der Waals surface area contributed by atoms with Crippen LogP contribution in [0.4, 0.5) is 0 Å². The summed E-state index contributed by atoms with van der Waals surface area (Å²) in [5.41, 5.74) is -0.500. The molecule has 1 saturated carbocycles. The summed E-state index contributed by atoms with van der Waals surface area (Å²) in [5.74, 6) is 1.89. The number of carbonyl (C=O) groups excluding carboxylic acids is 1. The normalized spacial score (nSPS) is 33.4. The van der Waals surface area contributed by atoms with Gasteiger partial charge in [-0.05, 0) is 30.4 Å². The quantitative estimate of drug-likeness (QED) is 0.767. The maximum absolute atomic E-state index is 12.2. The third-order valence-corrected chi connectivity index (χ3v) is 5.04. The highest BCUT2D eigenvalue weighted by atomic mass is 32.2. The van der Waals surface area contributed by atoms with Crippen molar-refractivity contribution >= 4 is 17.7 Å². The number of thioether (sulfide) groups is 1. The van der Waals surface area contributed by atoms with E-state index in [-0.39, 0.29) is 11.4 Å². The standard InChI is InChI=1S/C12H21NO2S/c1-11(2)6-7-16-8-12(11,10(14)15-3)13-9-4-5-9/h9,13H,4-8H2,1-3H3. The maximum Gasteiger partial charge on any atom is 0.327 e. The SMILES string of the molecule is COC(=O)C1(NC2CC2)CSCCC1(C)C. The molecule has 1 aliphatic carbocycles. The second-order valence-electron chi connectivity index (χ2n) is 5.50. The highest BCUT2D eigenvalue weighted by Gasteiger charge is 2.55. The van der Waals surface area contributed by atoms with Crippen molar-refractivity contribution in [3.8, 4) is 0 Å². The molecule has 2 aliphatic rings. The minimum atomic E-state index is -0.480. The Balaban J connectivity index is 2.25. The van der Waals surface area contributed by atoms with Crippen LogP contribution in [0.3, 0.4) is 0 Å². The number of rotatable bonds is 3. The second-order valence-corrected chi connectivity index (χ2v) is 6.61. The molecule has 0 radical (unpaired) electrons. The number of esters is 1. The highest BCUT2D eigenvalue weighted by Crippen LogP contribution is 2.44. The van der Waals surface area contributed by atoms with Crippen LogP contribution in [0.2, 0.25) is 0 Å². The predicted molar refractivity (Wildman–Crippen MR) is 66.6 cm³/mol. The highest BCUT2D eigenvalue weighted by molar-refractivity contribution is 7.99. The maximum atomic E-state index is 12.2. The van der Waals surface area contributed by atoms with Gasteiger partial charge >= 0.3 is 5.97 Å². The molecule has 1 heterocycles. The van der Waals surface area contributed by atoms with Crippen LogP contribution in [-0.2, 0) is 9.53 Å². The van der Waals surface area contributed by atoms with Crippen molar-refractivity contribution in [1.29, 1.82) is 0 Å². The molecule has 0 bridgehead atoms. The van der Waals surface area contributed by atoms with Gasteiger partial charge in [-0.1, -0.05) is 13.8 Å². The van der Waals surface area contributed by atoms with E-state index < -0.39 is 5.54 Å². The number of nitrogens with one attached hydrogen (secondary N) is 1. The van der Waals surface area contributed by atoms with Crippen molar-refractivity contribution in [2.24, 2.45) is 5.41 Å². The van der Waals surface area contributed by atoms with Gasteiger partial charge in [-0.2, -0.15) is 11.8 Å². The van der Waals surface area contributed by atoms with E-state index in [2.05, 4.69) is 19.2 Å². The molecule has 0 aromatic heterocycles. The summed E-state index contributed by atoms with van der Waals surface area (Å²) in [4.78, 5) is 12.2. The number of ether oxygens (including phenoxy) is 1. The molecule has 2 rings (SSSR count). The van der Waals surface area contributed by atoms with E-state index >= 15 is 0 Å². The van der Waals surface area contributed by atoms with Crippen molar-refractivity contribution in [1.82, 2.24) is 5.32 Å². The molecule has 1 N–H and O–H groups in total. The van der Waals surface area contributed by atoms with Gasteiger partial charge in [0, 0.05) is 11.8 Å². The summed E-state index contributed by atoms with van der Waals surface area (Å²) in [6.07, 6.45) is 3.45. The second kappa shape index (κ2) is 4.22. The number of carbonyl (C=O) groups is 1. The molecule has 1 saturated heterocycles. The van der Waals surface area contributed by atoms with E-state index in [1.807, 2.05) is 11.8 Å². The molecule has 4 heteroatoms. The summed E-state index contributed by atoms with van der Waals surface area (Å²) in [6.45, 7) is 4.36. The van der Waals surface area contributed by atoms with E-state index in [9.17, 15) is 4.79 Å². The van der Waals surface area contributed by atoms with E-state index in [4.69, 9.17) is 4.74 Å². The fraction of sp³-hybridized carbons (Fsp3) is 0.917. The first-order chi connectivity index (χ1) is 7.52. The van der Waals surface area contributed by atoms with Crippen LogP contribution >= 0.6 is 11.8 Å². The molecule has 0 aromatic rings. The zero-order valence-corrected chi connectivity index (χ0v) is 11.2. The summed E-state index contributed by atoms with van der Waals surface area (Å²) in [5, 5.41) is 3.55. The Morgan fingerprint density at radius 3 is 2.62 bits per heavy atom.